The summed E-state index contributed by atoms with van der Waals surface area (Å²) in [5.74, 6) is -0.912. The zero-order valence-corrected chi connectivity index (χ0v) is 15.1. The van der Waals surface area contributed by atoms with Crippen LogP contribution < -0.4 is 0 Å². The Morgan fingerprint density at radius 3 is 2.40 bits per heavy atom. The third-order valence-corrected chi connectivity index (χ3v) is 3.65. The van der Waals surface area contributed by atoms with Gasteiger partial charge in [0.05, 0.1) is 6.10 Å². The van der Waals surface area contributed by atoms with Crippen molar-refractivity contribution in [2.45, 2.75) is 70.8 Å². The highest BCUT2D eigenvalue weighted by molar-refractivity contribution is 5.81. The van der Waals surface area contributed by atoms with E-state index in [9.17, 15) is 15.0 Å². The Morgan fingerprint density at radius 2 is 1.72 bits per heavy atom. The minimum atomic E-state index is -0.901. The fraction of sp³-hybridized carbons (Fsp3) is 0.550. The number of carbonyl (C=O) groups is 1. The van der Waals surface area contributed by atoms with Gasteiger partial charge in [0.2, 0.25) is 0 Å². The van der Waals surface area contributed by atoms with Gasteiger partial charge in [0.15, 0.2) is 0 Å². The molecule has 25 heavy (non-hydrogen) atoms. The molecule has 5 heteroatoms. The monoisotopic (exact) mass is 352 g/mol. The van der Waals surface area contributed by atoms with Crippen molar-refractivity contribution in [1.82, 2.24) is 0 Å². The van der Waals surface area contributed by atoms with Gasteiger partial charge in [-0.1, -0.05) is 63.3 Å². The third kappa shape index (κ3) is 16.8. The molecule has 0 saturated heterocycles. The largest absolute Gasteiger partial charge is 0.508 e. The highest BCUT2D eigenvalue weighted by Gasteiger charge is 2.02. The van der Waals surface area contributed by atoms with Crippen molar-refractivity contribution in [2.75, 3.05) is 0 Å². The van der Waals surface area contributed by atoms with Crippen molar-refractivity contribution in [2.24, 2.45) is 0 Å². The topological polar surface area (TPSA) is 87.0 Å². The third-order valence-electron chi connectivity index (χ3n) is 3.65. The first kappa shape index (κ1) is 23.1. The molecular weight excluding hydrogens is 320 g/mol. The molecule has 1 unspecified atom stereocenters. The molecule has 5 nitrogen and oxygen atoms in total. The molecule has 0 fully saturated rings. The summed E-state index contributed by atoms with van der Waals surface area (Å²) in [6, 6.07) is 0. The molecule has 0 aliphatic rings. The Kier molecular flexibility index (Phi) is 15.7. The van der Waals surface area contributed by atoms with E-state index in [1.54, 1.807) is 6.08 Å². The highest BCUT2D eigenvalue weighted by atomic mass is 17.1. The van der Waals surface area contributed by atoms with E-state index in [1.165, 1.54) is 31.1 Å². The molecule has 0 saturated carbocycles. The molecule has 0 heterocycles. The first-order chi connectivity index (χ1) is 12.1. The molecule has 142 valence electrons. The molecule has 0 spiro atoms. The summed E-state index contributed by atoms with van der Waals surface area (Å²) in [5.41, 5.74) is 0. The minimum absolute atomic E-state index is 0.0105. The number of carbonyl (C=O) groups excluding carboxylic acids is 1. The van der Waals surface area contributed by atoms with Crippen LogP contribution in [0.1, 0.15) is 64.7 Å². The number of aliphatic hydroxyl groups is 2. The Balaban J connectivity index is 3.70. The first-order valence-corrected chi connectivity index (χ1v) is 9.04. The van der Waals surface area contributed by atoms with Gasteiger partial charge in [-0.15, -0.1) is 0 Å². The van der Waals surface area contributed by atoms with E-state index in [2.05, 4.69) is 11.8 Å². The lowest BCUT2D eigenvalue weighted by molar-refractivity contribution is -0.228. The summed E-state index contributed by atoms with van der Waals surface area (Å²) in [6.07, 6.45) is 20.1. The fourth-order valence-corrected chi connectivity index (χ4v) is 2.23. The number of rotatable bonds is 14. The molecular formula is C20H32O5. The summed E-state index contributed by atoms with van der Waals surface area (Å²) < 4.78 is 0. The van der Waals surface area contributed by atoms with E-state index in [0.29, 0.717) is 0 Å². The maximum absolute atomic E-state index is 10.6. The van der Waals surface area contributed by atoms with Crippen molar-refractivity contribution in [3.8, 4) is 0 Å². The predicted molar refractivity (Wildman–Crippen MR) is 100 cm³/mol. The van der Waals surface area contributed by atoms with E-state index in [0.717, 1.165) is 51.0 Å². The lowest BCUT2D eigenvalue weighted by Crippen LogP contribution is -2.05. The van der Waals surface area contributed by atoms with E-state index in [-0.39, 0.29) is 11.9 Å². The van der Waals surface area contributed by atoms with Crippen molar-refractivity contribution in [1.29, 1.82) is 0 Å². The molecule has 0 aliphatic heterocycles. The summed E-state index contributed by atoms with van der Waals surface area (Å²) in [4.78, 5) is 14.0. The van der Waals surface area contributed by atoms with Crippen LogP contribution in [0.25, 0.3) is 0 Å². The molecule has 0 aromatic rings. The maximum Gasteiger partial charge on any atom is 0.365 e. The van der Waals surface area contributed by atoms with Crippen LogP contribution in [-0.2, 0) is 9.68 Å². The number of unbranched alkanes of at least 4 members (excludes halogenated alkanes) is 5. The summed E-state index contributed by atoms with van der Waals surface area (Å²) >= 11 is 0. The number of hydrogen-bond donors (Lipinski definition) is 3. The second kappa shape index (κ2) is 17.0. The van der Waals surface area contributed by atoms with Crippen LogP contribution >= 0.6 is 0 Å². The SMILES string of the molecule is CCCCCC(O)CCCCCC=CC=CC(O)=CC=CC(=O)OO. The van der Waals surface area contributed by atoms with Gasteiger partial charge in [0.25, 0.3) is 0 Å². The fourth-order valence-electron chi connectivity index (χ4n) is 2.23. The van der Waals surface area contributed by atoms with Gasteiger partial charge in [-0.25, -0.2) is 4.79 Å². The zero-order valence-electron chi connectivity index (χ0n) is 15.1. The van der Waals surface area contributed by atoms with Gasteiger partial charge in [0, 0.05) is 6.08 Å². The quantitative estimate of drug-likeness (QED) is 0.102. The van der Waals surface area contributed by atoms with Crippen LogP contribution in [0.4, 0.5) is 0 Å². The molecule has 1 atom stereocenters. The van der Waals surface area contributed by atoms with Gasteiger partial charge < -0.3 is 10.2 Å². The van der Waals surface area contributed by atoms with E-state index in [1.807, 2.05) is 12.2 Å². The summed E-state index contributed by atoms with van der Waals surface area (Å²) in [7, 11) is 0. The lowest BCUT2D eigenvalue weighted by Gasteiger charge is -2.09. The Morgan fingerprint density at radius 1 is 1.00 bits per heavy atom. The van der Waals surface area contributed by atoms with Gasteiger partial charge in [-0.2, -0.15) is 5.26 Å². The Labute approximate surface area is 151 Å². The van der Waals surface area contributed by atoms with Gasteiger partial charge in [-0.3, -0.25) is 4.89 Å². The smallest absolute Gasteiger partial charge is 0.365 e. The maximum atomic E-state index is 10.6. The van der Waals surface area contributed by atoms with Crippen LogP contribution in [-0.4, -0.2) is 27.5 Å². The molecule has 0 radical (unpaired) electrons. The van der Waals surface area contributed by atoms with Crippen molar-refractivity contribution >= 4 is 5.97 Å². The second-order valence-electron chi connectivity index (χ2n) is 5.94. The molecule has 0 rings (SSSR count). The second-order valence-corrected chi connectivity index (χ2v) is 5.94. The highest BCUT2D eigenvalue weighted by Crippen LogP contribution is 2.11. The average molecular weight is 352 g/mol. The van der Waals surface area contributed by atoms with Gasteiger partial charge in [0.1, 0.15) is 5.76 Å². The van der Waals surface area contributed by atoms with Crippen molar-refractivity contribution in [3.05, 3.63) is 48.3 Å². The number of allylic oxidation sites excluding steroid dienone is 6. The summed E-state index contributed by atoms with van der Waals surface area (Å²) in [6.45, 7) is 2.17. The van der Waals surface area contributed by atoms with E-state index >= 15 is 0 Å². The molecule has 3 N–H and O–H groups in total. The van der Waals surface area contributed by atoms with Gasteiger partial charge >= 0.3 is 5.97 Å². The van der Waals surface area contributed by atoms with Gasteiger partial charge in [-0.05, 0) is 37.8 Å². The predicted octanol–water partition coefficient (Wildman–Crippen LogP) is 5.00. The Bertz CT molecular complexity index is 449. The average Bonchev–Trinajstić information content (AvgIpc) is 2.60. The normalized spacial score (nSPS) is 14.0. The van der Waals surface area contributed by atoms with E-state index < -0.39 is 5.97 Å². The Hall–Kier alpha value is -1.85. The molecule has 0 bridgehead atoms. The molecule has 0 aromatic heterocycles. The van der Waals surface area contributed by atoms with Crippen LogP contribution in [0.5, 0.6) is 0 Å². The number of hydrogen-bond acceptors (Lipinski definition) is 5. The van der Waals surface area contributed by atoms with Crippen LogP contribution in [0.15, 0.2) is 48.3 Å². The van der Waals surface area contributed by atoms with Crippen LogP contribution in [0.2, 0.25) is 0 Å². The zero-order chi connectivity index (χ0) is 18.8. The molecule has 0 aliphatic carbocycles. The van der Waals surface area contributed by atoms with Crippen molar-refractivity contribution < 1.29 is 25.2 Å². The van der Waals surface area contributed by atoms with Crippen molar-refractivity contribution in [3.63, 3.8) is 0 Å². The summed E-state index contributed by atoms with van der Waals surface area (Å²) in [5, 5.41) is 27.3. The lowest BCUT2D eigenvalue weighted by atomic mass is 10.0. The molecule has 0 amide bonds. The minimum Gasteiger partial charge on any atom is -0.508 e. The standard InChI is InChI=1S/C20H32O5/c1-2-3-9-13-18(21)14-10-7-5-4-6-8-11-15-19(22)16-12-17-20(23)25-24/h6,8,11-12,15-18,21-22,24H,2-5,7,9-10,13-14H2,1H3. The van der Waals surface area contributed by atoms with Crippen LogP contribution in [0, 0.1) is 0 Å². The van der Waals surface area contributed by atoms with Crippen LogP contribution in [0.3, 0.4) is 0 Å². The first-order valence-electron chi connectivity index (χ1n) is 9.04. The molecule has 0 aromatic carbocycles. The van der Waals surface area contributed by atoms with E-state index in [4.69, 9.17) is 5.26 Å². The number of aliphatic hydroxyl groups excluding tert-OH is 2.